The van der Waals surface area contributed by atoms with E-state index in [0.717, 1.165) is 25.7 Å². The highest BCUT2D eigenvalue weighted by molar-refractivity contribution is 6.00. The standard InChI is InChI=1S/C17H26O4/c1-5-9-13-20-15(18)17(11-7-3,12-8-4)16(19)21-14-10-6-2/h3,8H,4-6,9-14H2,1-2H3. The summed E-state index contributed by atoms with van der Waals surface area (Å²) in [4.78, 5) is 24.7. The van der Waals surface area contributed by atoms with Gasteiger partial charge in [0.1, 0.15) is 0 Å². The van der Waals surface area contributed by atoms with Crippen LogP contribution in [0.15, 0.2) is 12.7 Å². The number of esters is 2. The summed E-state index contributed by atoms with van der Waals surface area (Å²) in [7, 11) is 0. The summed E-state index contributed by atoms with van der Waals surface area (Å²) >= 11 is 0. The first-order valence-electron chi connectivity index (χ1n) is 7.47. The van der Waals surface area contributed by atoms with Gasteiger partial charge in [0.15, 0.2) is 5.41 Å². The molecule has 0 N–H and O–H groups in total. The molecule has 0 saturated heterocycles. The number of terminal acetylenes is 1. The van der Waals surface area contributed by atoms with Gasteiger partial charge in [-0.05, 0) is 19.3 Å². The fourth-order valence-electron chi connectivity index (χ4n) is 1.78. The van der Waals surface area contributed by atoms with Gasteiger partial charge in [-0.15, -0.1) is 18.9 Å². The summed E-state index contributed by atoms with van der Waals surface area (Å²) < 4.78 is 10.4. The lowest BCUT2D eigenvalue weighted by Gasteiger charge is -2.26. The Morgan fingerprint density at radius 3 is 1.95 bits per heavy atom. The molecule has 0 aliphatic rings. The Bertz CT molecular complexity index is 357. The number of hydrogen-bond acceptors (Lipinski definition) is 4. The molecule has 0 bridgehead atoms. The molecule has 0 saturated carbocycles. The molecule has 0 aromatic rings. The molecule has 0 amide bonds. The summed E-state index contributed by atoms with van der Waals surface area (Å²) in [5.41, 5.74) is -1.46. The number of rotatable bonds is 11. The highest BCUT2D eigenvalue weighted by Gasteiger charge is 2.47. The molecule has 0 heterocycles. The Balaban J connectivity index is 5.04. The zero-order valence-electron chi connectivity index (χ0n) is 13.2. The minimum absolute atomic E-state index is 0.0467. The fourth-order valence-corrected chi connectivity index (χ4v) is 1.78. The van der Waals surface area contributed by atoms with Gasteiger partial charge < -0.3 is 9.47 Å². The lowest BCUT2D eigenvalue weighted by atomic mass is 9.81. The predicted octanol–water partition coefficient (Wildman–Crippen LogP) is 3.26. The lowest BCUT2D eigenvalue weighted by Crippen LogP contribution is -2.42. The minimum atomic E-state index is -1.46. The predicted molar refractivity (Wildman–Crippen MR) is 82.4 cm³/mol. The first-order chi connectivity index (χ1) is 10.1. The normalized spacial score (nSPS) is 10.5. The average molecular weight is 294 g/mol. The molecule has 0 aliphatic heterocycles. The van der Waals surface area contributed by atoms with Crippen molar-refractivity contribution < 1.29 is 19.1 Å². The molecule has 0 aliphatic carbocycles. The molecule has 0 rings (SSSR count). The van der Waals surface area contributed by atoms with Gasteiger partial charge in [-0.2, -0.15) is 0 Å². The second-order valence-corrected chi connectivity index (χ2v) is 4.93. The molecule has 0 fully saturated rings. The zero-order valence-corrected chi connectivity index (χ0v) is 13.2. The van der Waals surface area contributed by atoms with Crippen molar-refractivity contribution in [2.24, 2.45) is 5.41 Å². The number of ether oxygens (including phenoxy) is 2. The van der Waals surface area contributed by atoms with Gasteiger partial charge in [-0.25, -0.2) is 0 Å². The van der Waals surface area contributed by atoms with Crippen LogP contribution in [-0.4, -0.2) is 25.2 Å². The second kappa shape index (κ2) is 11.0. The van der Waals surface area contributed by atoms with Crippen molar-refractivity contribution in [3.63, 3.8) is 0 Å². The van der Waals surface area contributed by atoms with Crippen molar-refractivity contribution in [2.45, 2.75) is 52.4 Å². The third-order valence-electron chi connectivity index (χ3n) is 3.14. The topological polar surface area (TPSA) is 52.6 Å². The molecule has 0 atom stereocenters. The summed E-state index contributed by atoms with van der Waals surface area (Å²) in [6, 6.07) is 0. The molecule has 4 heteroatoms. The van der Waals surface area contributed by atoms with E-state index in [1.54, 1.807) is 0 Å². The molecular formula is C17H26O4. The number of unbranched alkanes of at least 4 members (excludes halogenated alkanes) is 2. The molecule has 118 valence electrons. The third-order valence-corrected chi connectivity index (χ3v) is 3.14. The van der Waals surface area contributed by atoms with E-state index in [2.05, 4.69) is 12.5 Å². The van der Waals surface area contributed by atoms with Gasteiger partial charge in [0.25, 0.3) is 0 Å². The van der Waals surface area contributed by atoms with Gasteiger partial charge in [0, 0.05) is 6.42 Å². The van der Waals surface area contributed by atoms with Crippen molar-refractivity contribution in [1.82, 2.24) is 0 Å². The van der Waals surface area contributed by atoms with E-state index in [4.69, 9.17) is 15.9 Å². The van der Waals surface area contributed by atoms with Crippen LogP contribution in [0.25, 0.3) is 0 Å². The highest BCUT2D eigenvalue weighted by atomic mass is 16.6. The molecule has 0 spiro atoms. The Morgan fingerprint density at radius 2 is 1.62 bits per heavy atom. The van der Waals surface area contributed by atoms with Crippen LogP contribution in [0.4, 0.5) is 0 Å². The van der Waals surface area contributed by atoms with Crippen LogP contribution >= 0.6 is 0 Å². The maximum absolute atomic E-state index is 12.3. The molecule has 4 nitrogen and oxygen atoms in total. The summed E-state index contributed by atoms with van der Waals surface area (Å²) in [5.74, 6) is 1.16. The van der Waals surface area contributed by atoms with E-state index < -0.39 is 17.4 Å². The average Bonchev–Trinajstić information content (AvgIpc) is 2.47. The van der Waals surface area contributed by atoms with Crippen molar-refractivity contribution in [3.05, 3.63) is 12.7 Å². The van der Waals surface area contributed by atoms with E-state index in [-0.39, 0.29) is 26.1 Å². The lowest BCUT2D eigenvalue weighted by molar-refractivity contribution is -0.172. The molecule has 0 radical (unpaired) electrons. The van der Waals surface area contributed by atoms with Gasteiger partial charge in [0.2, 0.25) is 0 Å². The Kier molecular flexibility index (Phi) is 10.0. The van der Waals surface area contributed by atoms with E-state index >= 15 is 0 Å². The van der Waals surface area contributed by atoms with Crippen LogP contribution in [0, 0.1) is 17.8 Å². The molecule has 0 aromatic heterocycles. The van der Waals surface area contributed by atoms with Crippen molar-refractivity contribution in [1.29, 1.82) is 0 Å². The SMILES string of the molecule is C#CCC(CC=C)(C(=O)OCCCC)C(=O)OCCCC. The van der Waals surface area contributed by atoms with E-state index in [1.165, 1.54) is 6.08 Å². The van der Waals surface area contributed by atoms with E-state index in [9.17, 15) is 9.59 Å². The van der Waals surface area contributed by atoms with E-state index in [1.807, 2.05) is 13.8 Å². The van der Waals surface area contributed by atoms with Crippen LogP contribution in [-0.2, 0) is 19.1 Å². The molecular weight excluding hydrogens is 268 g/mol. The molecule has 0 aromatic carbocycles. The first kappa shape index (κ1) is 19.2. The maximum atomic E-state index is 12.3. The van der Waals surface area contributed by atoms with Crippen molar-refractivity contribution >= 4 is 11.9 Å². The van der Waals surface area contributed by atoms with Gasteiger partial charge >= 0.3 is 11.9 Å². The number of carbonyl (C=O) groups is 2. The first-order valence-corrected chi connectivity index (χ1v) is 7.47. The van der Waals surface area contributed by atoms with Gasteiger partial charge in [-0.3, -0.25) is 9.59 Å². The minimum Gasteiger partial charge on any atom is -0.465 e. The van der Waals surface area contributed by atoms with Crippen molar-refractivity contribution in [2.75, 3.05) is 13.2 Å². The number of allylic oxidation sites excluding steroid dienone is 1. The smallest absolute Gasteiger partial charge is 0.324 e. The van der Waals surface area contributed by atoms with Crippen LogP contribution in [0.3, 0.4) is 0 Å². The van der Waals surface area contributed by atoms with Gasteiger partial charge in [-0.1, -0.05) is 32.8 Å². The fraction of sp³-hybridized carbons (Fsp3) is 0.647. The van der Waals surface area contributed by atoms with Crippen LogP contribution < -0.4 is 0 Å². The highest BCUT2D eigenvalue weighted by Crippen LogP contribution is 2.31. The Hall–Kier alpha value is -1.76. The summed E-state index contributed by atoms with van der Waals surface area (Å²) in [6.07, 6.45) is 10.2. The van der Waals surface area contributed by atoms with Crippen LogP contribution in [0.1, 0.15) is 52.4 Å². The Morgan fingerprint density at radius 1 is 1.14 bits per heavy atom. The summed E-state index contributed by atoms with van der Waals surface area (Å²) in [5, 5.41) is 0. The molecule has 0 unspecified atom stereocenters. The largest absolute Gasteiger partial charge is 0.465 e. The van der Waals surface area contributed by atoms with Crippen LogP contribution in [0.5, 0.6) is 0 Å². The monoisotopic (exact) mass is 294 g/mol. The molecule has 21 heavy (non-hydrogen) atoms. The van der Waals surface area contributed by atoms with Crippen LogP contribution in [0.2, 0.25) is 0 Å². The third kappa shape index (κ3) is 6.03. The number of hydrogen-bond donors (Lipinski definition) is 0. The summed E-state index contributed by atoms with van der Waals surface area (Å²) in [6.45, 7) is 8.14. The Labute approximate surface area is 127 Å². The van der Waals surface area contributed by atoms with E-state index in [0.29, 0.717) is 0 Å². The van der Waals surface area contributed by atoms with Crippen molar-refractivity contribution in [3.8, 4) is 12.3 Å². The quantitative estimate of drug-likeness (QED) is 0.193. The number of carbonyl (C=O) groups excluding carboxylic acids is 2. The second-order valence-electron chi connectivity index (χ2n) is 4.93. The maximum Gasteiger partial charge on any atom is 0.324 e. The van der Waals surface area contributed by atoms with Gasteiger partial charge in [0.05, 0.1) is 13.2 Å². The zero-order chi connectivity index (χ0) is 16.1.